The number of aromatic nitrogens is 1. The normalized spacial score (nSPS) is 11.1. The maximum atomic E-state index is 12.6. The summed E-state index contributed by atoms with van der Waals surface area (Å²) in [6.07, 6.45) is 0.947. The number of nitrogens with one attached hydrogen (secondary N) is 1. The van der Waals surface area contributed by atoms with Crippen LogP contribution in [-0.4, -0.2) is 10.9 Å². The van der Waals surface area contributed by atoms with E-state index >= 15 is 0 Å². The van der Waals surface area contributed by atoms with Crippen LogP contribution in [0.25, 0.3) is 21.1 Å². The van der Waals surface area contributed by atoms with Crippen LogP contribution in [0, 0.1) is 6.92 Å². The van der Waals surface area contributed by atoms with E-state index in [9.17, 15) is 4.79 Å². The van der Waals surface area contributed by atoms with Crippen molar-refractivity contribution in [3.05, 3.63) is 70.6 Å². The Bertz CT molecular complexity index is 1100. The first kappa shape index (κ1) is 15.8. The summed E-state index contributed by atoms with van der Waals surface area (Å²) in [7, 11) is 0. The van der Waals surface area contributed by atoms with Crippen LogP contribution in [0.2, 0.25) is 0 Å². The minimum absolute atomic E-state index is 0.0866. The predicted octanol–water partition coefficient (Wildman–Crippen LogP) is 5.57. The highest BCUT2D eigenvalue weighted by Crippen LogP contribution is 2.28. The van der Waals surface area contributed by atoms with Gasteiger partial charge in [-0.1, -0.05) is 31.2 Å². The van der Waals surface area contributed by atoms with Gasteiger partial charge in [-0.25, -0.2) is 4.98 Å². The van der Waals surface area contributed by atoms with Gasteiger partial charge in [0.1, 0.15) is 4.83 Å². The molecule has 0 spiro atoms. The number of pyridine rings is 1. The van der Waals surface area contributed by atoms with Crippen LogP contribution in [0.5, 0.6) is 0 Å². The third-order valence-corrected chi connectivity index (χ3v) is 5.32. The topological polar surface area (TPSA) is 42.0 Å². The van der Waals surface area contributed by atoms with Gasteiger partial charge < -0.3 is 5.32 Å². The highest BCUT2D eigenvalue weighted by molar-refractivity contribution is 7.20. The monoisotopic (exact) mass is 346 g/mol. The minimum atomic E-state index is -0.0866. The number of fused-ring (bicyclic) bond motifs is 2. The van der Waals surface area contributed by atoms with E-state index in [4.69, 9.17) is 4.98 Å². The Morgan fingerprint density at radius 2 is 1.96 bits per heavy atom. The van der Waals surface area contributed by atoms with Gasteiger partial charge >= 0.3 is 0 Å². The number of anilines is 1. The zero-order valence-corrected chi connectivity index (χ0v) is 15.0. The highest BCUT2D eigenvalue weighted by atomic mass is 32.1. The van der Waals surface area contributed by atoms with Gasteiger partial charge in [0.15, 0.2) is 0 Å². The van der Waals surface area contributed by atoms with Gasteiger partial charge in [-0.2, -0.15) is 0 Å². The summed E-state index contributed by atoms with van der Waals surface area (Å²) in [5, 5.41) is 5.09. The molecule has 1 N–H and O–H groups in total. The lowest BCUT2D eigenvalue weighted by atomic mass is 10.1. The van der Waals surface area contributed by atoms with Crippen LogP contribution in [0.4, 0.5) is 5.69 Å². The second kappa shape index (κ2) is 6.30. The Morgan fingerprint density at radius 3 is 2.80 bits per heavy atom. The van der Waals surface area contributed by atoms with Crippen LogP contribution in [0.1, 0.15) is 27.7 Å². The molecule has 4 heteroatoms. The molecule has 0 bridgehead atoms. The van der Waals surface area contributed by atoms with Crippen LogP contribution in [0.3, 0.4) is 0 Å². The van der Waals surface area contributed by atoms with E-state index in [1.807, 2.05) is 24.3 Å². The first-order valence-corrected chi connectivity index (χ1v) is 9.15. The van der Waals surface area contributed by atoms with Gasteiger partial charge in [0, 0.05) is 16.5 Å². The average molecular weight is 346 g/mol. The van der Waals surface area contributed by atoms with Gasteiger partial charge in [-0.15, -0.1) is 11.3 Å². The number of hydrogen-bond donors (Lipinski definition) is 1. The van der Waals surface area contributed by atoms with Crippen LogP contribution >= 0.6 is 11.3 Å². The molecule has 0 radical (unpaired) electrons. The Kier molecular flexibility index (Phi) is 3.98. The summed E-state index contributed by atoms with van der Waals surface area (Å²) in [5.41, 5.74) is 4.19. The lowest BCUT2D eigenvalue weighted by molar-refractivity contribution is 0.103. The van der Waals surface area contributed by atoms with E-state index in [2.05, 4.69) is 49.5 Å². The molecule has 2 heterocycles. The Hall–Kier alpha value is -2.72. The van der Waals surface area contributed by atoms with E-state index in [1.165, 1.54) is 22.5 Å². The molecule has 1 amide bonds. The zero-order chi connectivity index (χ0) is 17.4. The first-order chi connectivity index (χ1) is 12.1. The summed E-state index contributed by atoms with van der Waals surface area (Å²) in [6.45, 7) is 4.16. The molecule has 0 saturated carbocycles. The van der Waals surface area contributed by atoms with Crippen molar-refractivity contribution in [2.45, 2.75) is 20.3 Å². The molecular formula is C21H18N2OS. The average Bonchev–Trinajstić information content (AvgIpc) is 3.03. The SMILES string of the molecule is CCc1cccc(NC(=O)c2cc3cc4ccc(C)cc4nc3s2)c1. The summed E-state index contributed by atoms with van der Waals surface area (Å²) in [6, 6.07) is 18.2. The number of carbonyl (C=O) groups excluding carboxylic acids is 1. The molecule has 0 aliphatic rings. The van der Waals surface area contributed by atoms with Crippen molar-refractivity contribution in [2.75, 3.05) is 5.32 Å². The van der Waals surface area contributed by atoms with Crippen molar-refractivity contribution < 1.29 is 4.79 Å². The maximum absolute atomic E-state index is 12.6. The molecule has 2 aromatic heterocycles. The number of nitrogens with zero attached hydrogens (tertiary/aromatic N) is 1. The fourth-order valence-corrected chi connectivity index (χ4v) is 3.83. The third kappa shape index (κ3) is 3.13. The van der Waals surface area contributed by atoms with E-state index in [-0.39, 0.29) is 5.91 Å². The number of thiophene rings is 1. The first-order valence-electron chi connectivity index (χ1n) is 8.33. The maximum Gasteiger partial charge on any atom is 0.265 e. The van der Waals surface area contributed by atoms with Crippen molar-refractivity contribution in [1.29, 1.82) is 0 Å². The van der Waals surface area contributed by atoms with E-state index in [0.717, 1.165) is 33.2 Å². The van der Waals surface area contributed by atoms with E-state index in [1.54, 1.807) is 0 Å². The Morgan fingerprint density at radius 1 is 1.08 bits per heavy atom. The van der Waals surface area contributed by atoms with Crippen molar-refractivity contribution >= 4 is 44.1 Å². The fraction of sp³-hybridized carbons (Fsp3) is 0.143. The van der Waals surface area contributed by atoms with Gasteiger partial charge in [-0.3, -0.25) is 4.79 Å². The molecule has 0 unspecified atom stereocenters. The molecule has 0 aliphatic carbocycles. The van der Waals surface area contributed by atoms with E-state index < -0.39 is 0 Å². The summed E-state index contributed by atoms with van der Waals surface area (Å²) >= 11 is 1.43. The summed E-state index contributed by atoms with van der Waals surface area (Å²) in [4.78, 5) is 18.9. The number of aryl methyl sites for hydroxylation is 2. The molecule has 124 valence electrons. The molecule has 25 heavy (non-hydrogen) atoms. The number of rotatable bonds is 3. The Balaban J connectivity index is 1.68. The molecule has 0 aliphatic heterocycles. The van der Waals surface area contributed by atoms with Gasteiger partial charge in [0.05, 0.1) is 10.4 Å². The second-order valence-corrected chi connectivity index (χ2v) is 7.23. The summed E-state index contributed by atoms with van der Waals surface area (Å²) in [5.74, 6) is -0.0866. The van der Waals surface area contributed by atoms with Crippen LogP contribution < -0.4 is 5.32 Å². The molecule has 3 nitrogen and oxygen atoms in total. The number of amides is 1. The standard InChI is InChI=1S/C21H18N2OS/c1-3-14-5-4-6-17(10-14)22-20(24)19-12-16-11-15-8-7-13(2)9-18(15)23-21(16)25-19/h4-12H,3H2,1-2H3,(H,22,24). The van der Waals surface area contributed by atoms with Gasteiger partial charge in [0.25, 0.3) is 5.91 Å². The van der Waals surface area contributed by atoms with Crippen molar-refractivity contribution in [3.63, 3.8) is 0 Å². The van der Waals surface area contributed by atoms with Gasteiger partial charge in [0.2, 0.25) is 0 Å². The highest BCUT2D eigenvalue weighted by Gasteiger charge is 2.12. The summed E-state index contributed by atoms with van der Waals surface area (Å²) < 4.78 is 0. The Labute approximate surface area is 150 Å². The number of benzene rings is 2. The molecule has 4 aromatic rings. The lowest BCUT2D eigenvalue weighted by Crippen LogP contribution is -2.10. The smallest absolute Gasteiger partial charge is 0.265 e. The van der Waals surface area contributed by atoms with Crippen molar-refractivity contribution in [1.82, 2.24) is 4.98 Å². The molecule has 0 fully saturated rings. The fourth-order valence-electron chi connectivity index (χ4n) is 2.91. The number of carbonyl (C=O) groups is 1. The quantitative estimate of drug-likeness (QED) is 0.527. The van der Waals surface area contributed by atoms with Crippen LogP contribution in [-0.2, 0) is 6.42 Å². The van der Waals surface area contributed by atoms with Crippen LogP contribution in [0.15, 0.2) is 54.6 Å². The largest absolute Gasteiger partial charge is 0.321 e. The lowest BCUT2D eigenvalue weighted by Gasteiger charge is -2.05. The number of hydrogen-bond acceptors (Lipinski definition) is 3. The second-order valence-electron chi connectivity index (χ2n) is 6.20. The molecule has 4 rings (SSSR count). The minimum Gasteiger partial charge on any atom is -0.321 e. The zero-order valence-electron chi connectivity index (χ0n) is 14.2. The van der Waals surface area contributed by atoms with Crippen molar-refractivity contribution in [3.8, 4) is 0 Å². The third-order valence-electron chi connectivity index (χ3n) is 4.28. The molecule has 2 aromatic carbocycles. The molecular weight excluding hydrogens is 328 g/mol. The predicted molar refractivity (Wildman–Crippen MR) is 106 cm³/mol. The molecule has 0 atom stereocenters. The van der Waals surface area contributed by atoms with Crippen molar-refractivity contribution in [2.24, 2.45) is 0 Å². The molecule has 0 saturated heterocycles. The van der Waals surface area contributed by atoms with Gasteiger partial charge in [-0.05, 0) is 54.8 Å². The van der Waals surface area contributed by atoms with E-state index in [0.29, 0.717) is 4.88 Å².